The van der Waals surface area contributed by atoms with Gasteiger partial charge in [-0.1, -0.05) is 30.3 Å². The van der Waals surface area contributed by atoms with Crippen LogP contribution in [0.3, 0.4) is 0 Å². The Labute approximate surface area is 129 Å². The molecule has 0 bridgehead atoms. The summed E-state index contributed by atoms with van der Waals surface area (Å²) in [4.78, 5) is 15.5. The zero-order valence-electron chi connectivity index (χ0n) is 12.4. The molecule has 6 heteroatoms. The van der Waals surface area contributed by atoms with Crippen LogP contribution in [0.25, 0.3) is 0 Å². The molecule has 0 saturated heterocycles. The molecule has 1 aromatic heterocycles. The van der Waals surface area contributed by atoms with E-state index in [9.17, 15) is 4.79 Å². The lowest BCUT2D eigenvalue weighted by Crippen LogP contribution is -2.30. The number of aromatic nitrogens is 1. The molecule has 1 amide bonds. The average Bonchev–Trinajstić information content (AvgIpc) is 2.53. The first-order chi connectivity index (χ1) is 10.6. The van der Waals surface area contributed by atoms with Gasteiger partial charge in [-0.2, -0.15) is 0 Å². The lowest BCUT2D eigenvalue weighted by atomic mass is 10.1. The summed E-state index contributed by atoms with van der Waals surface area (Å²) in [5.74, 6) is -0.193. The predicted molar refractivity (Wildman–Crippen MR) is 82.9 cm³/mol. The predicted octanol–water partition coefficient (Wildman–Crippen LogP) is 1.14. The van der Waals surface area contributed by atoms with Crippen LogP contribution in [-0.4, -0.2) is 30.6 Å². The van der Waals surface area contributed by atoms with Crippen LogP contribution in [0.1, 0.15) is 15.9 Å². The summed E-state index contributed by atoms with van der Waals surface area (Å²) in [5, 5.41) is 0. The second-order valence-corrected chi connectivity index (χ2v) is 4.82. The minimum absolute atomic E-state index is 0.122. The maximum atomic E-state index is 11.5. The summed E-state index contributed by atoms with van der Waals surface area (Å²) in [6.45, 7) is 0.252. The van der Waals surface area contributed by atoms with Crippen LogP contribution in [0.4, 0.5) is 0 Å². The third kappa shape index (κ3) is 3.95. The molecule has 0 radical (unpaired) electrons. The Hall–Kier alpha value is -2.60. The van der Waals surface area contributed by atoms with Crippen LogP contribution in [0.5, 0.6) is 11.6 Å². The van der Waals surface area contributed by atoms with E-state index in [-0.39, 0.29) is 24.1 Å². The number of amides is 1. The van der Waals surface area contributed by atoms with Crippen LogP contribution in [0.2, 0.25) is 0 Å². The Balaban J connectivity index is 2.03. The van der Waals surface area contributed by atoms with Gasteiger partial charge < -0.3 is 20.9 Å². The minimum Gasteiger partial charge on any atom is -0.491 e. The molecule has 116 valence electrons. The molecule has 4 N–H and O–H groups in total. The maximum Gasteiger partial charge on any atom is 0.258 e. The van der Waals surface area contributed by atoms with E-state index < -0.39 is 5.91 Å². The van der Waals surface area contributed by atoms with Gasteiger partial charge in [0.05, 0.1) is 7.11 Å². The second kappa shape index (κ2) is 7.42. The number of hydrogen-bond donors (Lipinski definition) is 2. The van der Waals surface area contributed by atoms with Gasteiger partial charge in [-0.05, 0) is 18.1 Å². The standard InChI is InChI=1S/C16H19N3O3/c1-21-16-14(15(18)20)13(7-8-19-16)22-10-12(17)9-11-5-3-2-4-6-11/h2-8,12H,9-10,17H2,1H3,(H2,18,20)/t12-/m1/s1. The Morgan fingerprint density at radius 2 is 2.00 bits per heavy atom. The Bertz CT molecular complexity index is 632. The van der Waals surface area contributed by atoms with E-state index in [0.29, 0.717) is 12.2 Å². The van der Waals surface area contributed by atoms with Crippen molar-refractivity contribution >= 4 is 5.91 Å². The third-order valence-corrected chi connectivity index (χ3v) is 3.11. The molecule has 1 atom stereocenters. The highest BCUT2D eigenvalue weighted by molar-refractivity contribution is 5.97. The van der Waals surface area contributed by atoms with Gasteiger partial charge in [0.1, 0.15) is 17.9 Å². The normalized spacial score (nSPS) is 11.7. The summed E-state index contributed by atoms with van der Waals surface area (Å²) in [5.41, 5.74) is 12.7. The molecule has 0 fully saturated rings. The number of nitrogens with zero attached hydrogens (tertiary/aromatic N) is 1. The fraction of sp³-hybridized carbons (Fsp3) is 0.250. The molecule has 22 heavy (non-hydrogen) atoms. The zero-order chi connectivity index (χ0) is 15.9. The third-order valence-electron chi connectivity index (χ3n) is 3.11. The van der Waals surface area contributed by atoms with Crippen molar-refractivity contribution in [2.45, 2.75) is 12.5 Å². The summed E-state index contributed by atoms with van der Waals surface area (Å²) in [6, 6.07) is 11.2. The van der Waals surface area contributed by atoms with E-state index >= 15 is 0 Å². The highest BCUT2D eigenvalue weighted by atomic mass is 16.5. The fourth-order valence-electron chi connectivity index (χ4n) is 2.10. The molecule has 6 nitrogen and oxygen atoms in total. The van der Waals surface area contributed by atoms with Gasteiger partial charge in [-0.25, -0.2) is 4.98 Å². The largest absolute Gasteiger partial charge is 0.491 e. The summed E-state index contributed by atoms with van der Waals surface area (Å²) < 4.78 is 10.7. The van der Waals surface area contributed by atoms with Crippen molar-refractivity contribution in [3.05, 3.63) is 53.7 Å². The van der Waals surface area contributed by atoms with Gasteiger partial charge in [0.2, 0.25) is 5.88 Å². The molecule has 0 spiro atoms. The monoisotopic (exact) mass is 301 g/mol. The van der Waals surface area contributed by atoms with Crippen LogP contribution in [-0.2, 0) is 6.42 Å². The molecule has 0 aliphatic heterocycles. The maximum absolute atomic E-state index is 11.5. The number of nitrogens with two attached hydrogens (primary N) is 2. The summed E-state index contributed by atoms with van der Waals surface area (Å²) >= 11 is 0. The van der Waals surface area contributed by atoms with Crippen molar-refractivity contribution in [2.24, 2.45) is 11.5 Å². The van der Waals surface area contributed by atoms with Gasteiger partial charge in [0.25, 0.3) is 5.91 Å². The molecule has 0 unspecified atom stereocenters. The number of primary amides is 1. The molecule has 0 aliphatic carbocycles. The number of ether oxygens (including phenoxy) is 2. The molecule has 1 heterocycles. The van der Waals surface area contributed by atoms with E-state index in [1.807, 2.05) is 30.3 Å². The van der Waals surface area contributed by atoms with Crippen LogP contribution >= 0.6 is 0 Å². The Morgan fingerprint density at radius 3 is 2.64 bits per heavy atom. The topological polar surface area (TPSA) is 100 Å². The summed E-state index contributed by atoms with van der Waals surface area (Å²) in [7, 11) is 1.42. The van der Waals surface area contributed by atoms with E-state index in [2.05, 4.69) is 4.98 Å². The van der Waals surface area contributed by atoms with E-state index in [1.165, 1.54) is 13.3 Å². The van der Waals surface area contributed by atoms with Gasteiger partial charge in [-0.15, -0.1) is 0 Å². The van der Waals surface area contributed by atoms with Crippen molar-refractivity contribution in [3.63, 3.8) is 0 Å². The molecule has 0 saturated carbocycles. The van der Waals surface area contributed by atoms with Crippen molar-refractivity contribution < 1.29 is 14.3 Å². The number of hydrogen-bond acceptors (Lipinski definition) is 5. The minimum atomic E-state index is -0.656. The molecular weight excluding hydrogens is 282 g/mol. The van der Waals surface area contributed by atoms with E-state index in [0.717, 1.165) is 5.56 Å². The molecule has 2 rings (SSSR count). The second-order valence-electron chi connectivity index (χ2n) is 4.82. The first-order valence-electron chi connectivity index (χ1n) is 6.87. The Morgan fingerprint density at radius 1 is 1.27 bits per heavy atom. The molecule has 0 aliphatic rings. The quantitative estimate of drug-likeness (QED) is 0.798. The summed E-state index contributed by atoms with van der Waals surface area (Å²) in [6.07, 6.45) is 2.16. The van der Waals surface area contributed by atoms with Gasteiger partial charge in [0.15, 0.2) is 0 Å². The first kappa shape index (κ1) is 15.8. The van der Waals surface area contributed by atoms with Crippen molar-refractivity contribution in [3.8, 4) is 11.6 Å². The van der Waals surface area contributed by atoms with Gasteiger partial charge >= 0.3 is 0 Å². The highest BCUT2D eigenvalue weighted by Gasteiger charge is 2.18. The van der Waals surface area contributed by atoms with Crippen LogP contribution < -0.4 is 20.9 Å². The number of benzene rings is 1. The van der Waals surface area contributed by atoms with Crippen molar-refractivity contribution in [1.82, 2.24) is 4.98 Å². The van der Waals surface area contributed by atoms with Crippen LogP contribution in [0, 0.1) is 0 Å². The smallest absolute Gasteiger partial charge is 0.258 e. The van der Waals surface area contributed by atoms with Crippen molar-refractivity contribution in [1.29, 1.82) is 0 Å². The Kier molecular flexibility index (Phi) is 5.32. The highest BCUT2D eigenvalue weighted by Crippen LogP contribution is 2.25. The number of pyridine rings is 1. The number of carbonyl (C=O) groups is 1. The lowest BCUT2D eigenvalue weighted by molar-refractivity contribution is 0.0992. The average molecular weight is 301 g/mol. The molecular formula is C16H19N3O3. The van der Waals surface area contributed by atoms with E-state index in [4.69, 9.17) is 20.9 Å². The van der Waals surface area contributed by atoms with Gasteiger partial charge in [0, 0.05) is 12.2 Å². The van der Waals surface area contributed by atoms with Crippen LogP contribution in [0.15, 0.2) is 42.6 Å². The first-order valence-corrected chi connectivity index (χ1v) is 6.87. The fourth-order valence-corrected chi connectivity index (χ4v) is 2.10. The lowest BCUT2D eigenvalue weighted by Gasteiger charge is -2.15. The van der Waals surface area contributed by atoms with Gasteiger partial charge in [-0.3, -0.25) is 4.79 Å². The van der Waals surface area contributed by atoms with Crippen molar-refractivity contribution in [2.75, 3.05) is 13.7 Å². The van der Waals surface area contributed by atoms with E-state index in [1.54, 1.807) is 6.07 Å². The molecule has 2 aromatic rings. The number of methoxy groups -OCH3 is 1. The number of rotatable bonds is 7. The zero-order valence-corrected chi connectivity index (χ0v) is 12.4. The SMILES string of the molecule is COc1nccc(OC[C@H](N)Cc2ccccc2)c1C(N)=O. The molecule has 1 aromatic carbocycles. The number of carbonyl (C=O) groups excluding carboxylic acids is 1.